The van der Waals surface area contributed by atoms with Crippen LogP contribution in [0.5, 0.6) is 0 Å². The number of amides is 1. The van der Waals surface area contributed by atoms with Gasteiger partial charge in [0, 0.05) is 24.7 Å². The smallest absolute Gasteiger partial charge is 0.261 e. The number of para-hydroxylation sites is 1. The van der Waals surface area contributed by atoms with Crippen LogP contribution in [0.15, 0.2) is 59.4 Å². The third-order valence-electron chi connectivity index (χ3n) is 5.68. The Bertz CT molecular complexity index is 1090. The first-order valence-electron chi connectivity index (χ1n) is 11.6. The molecule has 1 atom stereocenters. The molecule has 0 aliphatic rings. The van der Waals surface area contributed by atoms with Crippen molar-refractivity contribution >= 4 is 16.8 Å². The summed E-state index contributed by atoms with van der Waals surface area (Å²) in [6.07, 6.45) is 1.48. The lowest BCUT2D eigenvalue weighted by Crippen LogP contribution is -2.40. The molecular weight excluding hydrogens is 400 g/mol. The van der Waals surface area contributed by atoms with E-state index in [4.69, 9.17) is 4.98 Å². The monoisotopic (exact) mass is 434 g/mol. The summed E-state index contributed by atoms with van der Waals surface area (Å²) in [5.74, 6) is 0.617. The van der Waals surface area contributed by atoms with Crippen molar-refractivity contribution in [1.82, 2.24) is 19.8 Å². The summed E-state index contributed by atoms with van der Waals surface area (Å²) in [6.45, 7) is 10.1. The van der Waals surface area contributed by atoms with E-state index < -0.39 is 0 Å². The molecule has 6 nitrogen and oxygen atoms in total. The predicted octanol–water partition coefficient (Wildman–Crippen LogP) is 4.40. The molecule has 1 unspecified atom stereocenters. The number of rotatable bonds is 10. The summed E-state index contributed by atoms with van der Waals surface area (Å²) in [4.78, 5) is 33.6. The van der Waals surface area contributed by atoms with Crippen LogP contribution >= 0.6 is 0 Å². The number of benzene rings is 2. The molecule has 1 heterocycles. The van der Waals surface area contributed by atoms with E-state index in [1.807, 2.05) is 73.3 Å². The molecule has 0 spiro atoms. The molecule has 3 rings (SSSR count). The van der Waals surface area contributed by atoms with Crippen LogP contribution in [0.4, 0.5) is 0 Å². The van der Waals surface area contributed by atoms with Crippen molar-refractivity contribution in [1.29, 1.82) is 0 Å². The van der Waals surface area contributed by atoms with E-state index in [1.165, 1.54) is 0 Å². The van der Waals surface area contributed by atoms with Gasteiger partial charge >= 0.3 is 0 Å². The van der Waals surface area contributed by atoms with Crippen LogP contribution in [0.25, 0.3) is 10.9 Å². The summed E-state index contributed by atoms with van der Waals surface area (Å²) < 4.78 is 1.72. The lowest BCUT2D eigenvalue weighted by Gasteiger charge is -2.32. The Balaban J connectivity index is 2.05. The van der Waals surface area contributed by atoms with Gasteiger partial charge in [0.2, 0.25) is 0 Å². The Labute approximate surface area is 190 Å². The topological polar surface area (TPSA) is 67.2 Å². The van der Waals surface area contributed by atoms with Crippen molar-refractivity contribution in [3.8, 4) is 0 Å². The molecule has 3 aromatic rings. The minimum absolute atomic E-state index is 0.0351. The first kappa shape index (κ1) is 23.7. The van der Waals surface area contributed by atoms with Crippen molar-refractivity contribution in [3.05, 3.63) is 76.3 Å². The molecule has 0 saturated carbocycles. The fraction of sp³-hybridized carbons (Fsp3) is 0.423. The maximum Gasteiger partial charge on any atom is 0.261 e. The summed E-state index contributed by atoms with van der Waals surface area (Å²) in [5, 5.41) is 4.03. The van der Waals surface area contributed by atoms with Crippen LogP contribution in [0.2, 0.25) is 0 Å². The average molecular weight is 435 g/mol. The molecule has 0 bridgehead atoms. The highest BCUT2D eigenvalue weighted by atomic mass is 16.2. The van der Waals surface area contributed by atoms with Gasteiger partial charge in [0.15, 0.2) is 0 Å². The molecule has 1 aromatic heterocycles. The fourth-order valence-corrected chi connectivity index (χ4v) is 4.07. The van der Waals surface area contributed by atoms with Gasteiger partial charge in [0.1, 0.15) is 5.82 Å². The van der Waals surface area contributed by atoms with Gasteiger partial charge in [-0.15, -0.1) is 0 Å². The van der Waals surface area contributed by atoms with Crippen LogP contribution < -0.4 is 10.9 Å². The van der Waals surface area contributed by atoms with Gasteiger partial charge in [-0.25, -0.2) is 4.98 Å². The number of carbonyl (C=O) groups excluding carboxylic acids is 1. The van der Waals surface area contributed by atoms with Crippen molar-refractivity contribution in [2.75, 3.05) is 13.1 Å². The van der Waals surface area contributed by atoms with Crippen LogP contribution in [-0.4, -0.2) is 39.5 Å². The standard InChI is InChI=1S/C26H34N4O2/c1-5-23(24-28-22-16-11-10-15-21(22)26(32)29(24)6-2)30(18-12-17-27-19(3)4)25(31)20-13-8-7-9-14-20/h7-11,13-16,19,23,27H,5-6,12,17-18H2,1-4H3. The van der Waals surface area contributed by atoms with Gasteiger partial charge in [-0.05, 0) is 50.6 Å². The van der Waals surface area contributed by atoms with Crippen molar-refractivity contribution < 1.29 is 4.79 Å². The van der Waals surface area contributed by atoms with Crippen LogP contribution in [-0.2, 0) is 6.54 Å². The average Bonchev–Trinajstić information content (AvgIpc) is 2.81. The molecule has 1 amide bonds. The predicted molar refractivity (Wildman–Crippen MR) is 130 cm³/mol. The van der Waals surface area contributed by atoms with Gasteiger partial charge in [-0.1, -0.05) is 51.1 Å². The highest BCUT2D eigenvalue weighted by Crippen LogP contribution is 2.26. The minimum atomic E-state index is -0.293. The molecule has 0 radical (unpaired) electrons. The maximum atomic E-state index is 13.6. The molecular formula is C26H34N4O2. The van der Waals surface area contributed by atoms with Crippen LogP contribution in [0.1, 0.15) is 62.8 Å². The van der Waals surface area contributed by atoms with E-state index in [1.54, 1.807) is 4.57 Å². The van der Waals surface area contributed by atoms with E-state index in [2.05, 4.69) is 19.2 Å². The third-order valence-corrected chi connectivity index (χ3v) is 5.68. The Morgan fingerprint density at radius 2 is 1.75 bits per heavy atom. The number of hydrogen-bond donors (Lipinski definition) is 1. The van der Waals surface area contributed by atoms with Gasteiger partial charge < -0.3 is 10.2 Å². The quantitative estimate of drug-likeness (QED) is 0.480. The van der Waals surface area contributed by atoms with Gasteiger partial charge in [-0.3, -0.25) is 14.2 Å². The zero-order chi connectivity index (χ0) is 23.1. The second kappa shape index (κ2) is 11.0. The zero-order valence-electron chi connectivity index (χ0n) is 19.5. The van der Waals surface area contributed by atoms with Gasteiger partial charge in [0.25, 0.3) is 11.5 Å². The Morgan fingerprint density at radius 1 is 1.06 bits per heavy atom. The van der Waals surface area contributed by atoms with Crippen molar-refractivity contribution in [2.45, 2.75) is 59.2 Å². The number of nitrogens with one attached hydrogen (secondary N) is 1. The van der Waals surface area contributed by atoms with E-state index in [-0.39, 0.29) is 17.5 Å². The van der Waals surface area contributed by atoms with E-state index in [0.29, 0.717) is 47.8 Å². The SMILES string of the molecule is CCC(c1nc2ccccc2c(=O)n1CC)N(CCCNC(C)C)C(=O)c1ccccc1. The van der Waals surface area contributed by atoms with Crippen LogP contribution in [0.3, 0.4) is 0 Å². The lowest BCUT2D eigenvalue weighted by molar-refractivity contribution is 0.0654. The van der Waals surface area contributed by atoms with E-state index in [0.717, 1.165) is 13.0 Å². The molecule has 1 N–H and O–H groups in total. The van der Waals surface area contributed by atoms with Crippen molar-refractivity contribution in [2.24, 2.45) is 0 Å². The highest BCUT2D eigenvalue weighted by Gasteiger charge is 2.28. The summed E-state index contributed by atoms with van der Waals surface area (Å²) >= 11 is 0. The molecule has 0 aliphatic carbocycles. The number of hydrogen-bond acceptors (Lipinski definition) is 4. The molecule has 32 heavy (non-hydrogen) atoms. The second-order valence-corrected chi connectivity index (χ2v) is 8.29. The number of fused-ring (bicyclic) bond motifs is 1. The summed E-state index contributed by atoms with van der Waals surface area (Å²) in [7, 11) is 0. The Morgan fingerprint density at radius 3 is 2.41 bits per heavy atom. The maximum absolute atomic E-state index is 13.6. The summed E-state index contributed by atoms with van der Waals surface area (Å²) in [6, 6.07) is 16.9. The largest absolute Gasteiger partial charge is 0.328 e. The van der Waals surface area contributed by atoms with Crippen LogP contribution in [0, 0.1) is 0 Å². The number of aromatic nitrogens is 2. The van der Waals surface area contributed by atoms with Gasteiger partial charge in [0.05, 0.1) is 16.9 Å². The third kappa shape index (κ3) is 5.25. The Kier molecular flexibility index (Phi) is 8.17. The molecule has 2 aromatic carbocycles. The Hall–Kier alpha value is -2.99. The number of nitrogens with zero attached hydrogens (tertiary/aromatic N) is 3. The first-order valence-corrected chi connectivity index (χ1v) is 11.6. The van der Waals surface area contributed by atoms with Crippen molar-refractivity contribution in [3.63, 3.8) is 0 Å². The number of carbonyl (C=O) groups is 1. The molecule has 0 saturated heterocycles. The lowest BCUT2D eigenvalue weighted by atomic mass is 10.1. The molecule has 6 heteroatoms. The van der Waals surface area contributed by atoms with E-state index in [9.17, 15) is 9.59 Å². The first-order chi connectivity index (χ1) is 15.5. The molecule has 0 aliphatic heterocycles. The summed E-state index contributed by atoms with van der Waals surface area (Å²) in [5.41, 5.74) is 1.26. The molecule has 170 valence electrons. The van der Waals surface area contributed by atoms with E-state index >= 15 is 0 Å². The zero-order valence-corrected chi connectivity index (χ0v) is 19.5. The minimum Gasteiger partial charge on any atom is -0.328 e. The normalized spacial score (nSPS) is 12.3. The fourth-order valence-electron chi connectivity index (χ4n) is 4.07. The van der Waals surface area contributed by atoms with Gasteiger partial charge in [-0.2, -0.15) is 0 Å². The highest BCUT2D eigenvalue weighted by molar-refractivity contribution is 5.94. The molecule has 0 fully saturated rings. The second-order valence-electron chi connectivity index (χ2n) is 8.29.